The molecule has 102 valence electrons. The Hall–Kier alpha value is -1.29. The molecule has 0 fully saturated rings. The molecule has 0 aliphatic rings. The van der Waals surface area contributed by atoms with Crippen molar-refractivity contribution in [1.82, 2.24) is 5.32 Å². The van der Waals surface area contributed by atoms with Crippen LogP contribution in [0.1, 0.15) is 10.4 Å². The Kier molecular flexibility index (Phi) is 6.64. The molecule has 0 heterocycles. The van der Waals surface area contributed by atoms with Gasteiger partial charge in [-0.3, -0.25) is 0 Å². The highest BCUT2D eigenvalue weighted by atomic mass is 35.5. The smallest absolute Gasteiger partial charge is 0.340 e. The van der Waals surface area contributed by atoms with E-state index in [4.69, 9.17) is 28.5 Å². The molecule has 0 unspecified atom stereocenters. The molecule has 0 aliphatic heterocycles. The van der Waals surface area contributed by atoms with E-state index in [2.05, 4.69) is 15.4 Å². The van der Waals surface area contributed by atoms with Crippen LogP contribution in [0, 0.1) is 11.5 Å². The SMILES string of the molecule is COC(=O)c1c(Cl)cc(NCSCNC#N)cc1Cl. The summed E-state index contributed by atoms with van der Waals surface area (Å²) in [4.78, 5) is 11.4. The second-order valence-corrected chi connectivity index (χ2v) is 5.06. The number of thioether (sulfide) groups is 1. The van der Waals surface area contributed by atoms with Crippen molar-refractivity contribution in [1.29, 1.82) is 5.26 Å². The Bertz CT molecular complexity index is 482. The van der Waals surface area contributed by atoms with Gasteiger partial charge in [-0.1, -0.05) is 23.2 Å². The van der Waals surface area contributed by atoms with E-state index in [-0.39, 0.29) is 15.6 Å². The van der Waals surface area contributed by atoms with Gasteiger partial charge < -0.3 is 15.4 Å². The standard InChI is InChI=1S/C11H11Cl2N3O2S/c1-18-11(17)10-8(12)2-7(3-9(10)13)16-6-19-5-15-4-14/h2-3,15-16H,5-6H2,1H3. The number of halogens is 2. The minimum Gasteiger partial charge on any atom is -0.465 e. The van der Waals surface area contributed by atoms with Crippen LogP contribution in [0.2, 0.25) is 10.0 Å². The number of nitrogens with one attached hydrogen (secondary N) is 2. The summed E-state index contributed by atoms with van der Waals surface area (Å²) in [6.07, 6.45) is 1.82. The van der Waals surface area contributed by atoms with Crippen molar-refractivity contribution in [2.75, 3.05) is 24.2 Å². The Balaban J connectivity index is 2.68. The van der Waals surface area contributed by atoms with Gasteiger partial charge in [-0.2, -0.15) is 5.26 Å². The average molecular weight is 320 g/mol. The second-order valence-electron chi connectivity index (χ2n) is 3.26. The first-order valence-corrected chi connectivity index (χ1v) is 7.02. The number of nitrogens with zero attached hydrogens (tertiary/aromatic N) is 1. The van der Waals surface area contributed by atoms with E-state index < -0.39 is 5.97 Å². The number of anilines is 1. The van der Waals surface area contributed by atoms with E-state index in [9.17, 15) is 4.79 Å². The first-order valence-electron chi connectivity index (χ1n) is 5.11. The third-order valence-electron chi connectivity index (χ3n) is 2.06. The van der Waals surface area contributed by atoms with E-state index in [1.807, 2.05) is 6.19 Å². The molecule has 0 amide bonds. The number of ether oxygens (including phenoxy) is 1. The van der Waals surface area contributed by atoms with Gasteiger partial charge in [-0.05, 0) is 12.1 Å². The molecule has 0 spiro atoms. The van der Waals surface area contributed by atoms with Gasteiger partial charge in [0.05, 0.1) is 34.5 Å². The van der Waals surface area contributed by atoms with Crippen molar-refractivity contribution >= 4 is 46.6 Å². The van der Waals surface area contributed by atoms with Gasteiger partial charge in [0.2, 0.25) is 0 Å². The lowest BCUT2D eigenvalue weighted by Gasteiger charge is -2.10. The molecule has 0 bridgehead atoms. The molecule has 1 aromatic carbocycles. The van der Waals surface area contributed by atoms with Crippen LogP contribution < -0.4 is 10.6 Å². The van der Waals surface area contributed by atoms with Crippen LogP contribution in [0.5, 0.6) is 0 Å². The minimum atomic E-state index is -0.575. The van der Waals surface area contributed by atoms with Gasteiger partial charge >= 0.3 is 5.97 Å². The van der Waals surface area contributed by atoms with Crippen molar-refractivity contribution in [3.05, 3.63) is 27.7 Å². The predicted molar refractivity (Wildman–Crippen MR) is 77.5 cm³/mol. The molecular weight excluding hydrogens is 309 g/mol. The van der Waals surface area contributed by atoms with E-state index in [1.165, 1.54) is 18.9 Å². The molecular formula is C11H11Cl2N3O2S. The molecule has 1 rings (SSSR count). The highest BCUT2D eigenvalue weighted by Crippen LogP contribution is 2.29. The maximum Gasteiger partial charge on any atom is 0.340 e. The van der Waals surface area contributed by atoms with Crippen LogP contribution in [0.3, 0.4) is 0 Å². The first-order chi connectivity index (χ1) is 9.10. The van der Waals surface area contributed by atoms with Crippen molar-refractivity contribution < 1.29 is 9.53 Å². The van der Waals surface area contributed by atoms with Crippen molar-refractivity contribution in [2.24, 2.45) is 0 Å². The van der Waals surface area contributed by atoms with Crippen molar-refractivity contribution in [3.8, 4) is 6.19 Å². The van der Waals surface area contributed by atoms with Crippen molar-refractivity contribution in [3.63, 3.8) is 0 Å². The topological polar surface area (TPSA) is 74.2 Å². The maximum atomic E-state index is 11.4. The number of carbonyl (C=O) groups excluding carboxylic acids is 1. The summed E-state index contributed by atoms with van der Waals surface area (Å²) >= 11 is 13.4. The summed E-state index contributed by atoms with van der Waals surface area (Å²) in [7, 11) is 1.26. The van der Waals surface area contributed by atoms with E-state index in [1.54, 1.807) is 12.1 Å². The number of nitriles is 1. The van der Waals surface area contributed by atoms with Gasteiger partial charge in [0.15, 0.2) is 6.19 Å². The average Bonchev–Trinajstić information content (AvgIpc) is 2.37. The number of methoxy groups -OCH3 is 1. The quantitative estimate of drug-likeness (QED) is 0.276. The second kappa shape index (κ2) is 8.00. The van der Waals surface area contributed by atoms with Crippen LogP contribution in [0.4, 0.5) is 5.69 Å². The van der Waals surface area contributed by atoms with Crippen molar-refractivity contribution in [2.45, 2.75) is 0 Å². The summed E-state index contributed by atoms with van der Waals surface area (Å²) in [5.41, 5.74) is 0.835. The summed E-state index contributed by atoms with van der Waals surface area (Å²) in [6.45, 7) is 0. The molecule has 2 N–H and O–H groups in total. The van der Waals surface area contributed by atoms with Crippen LogP contribution >= 0.6 is 35.0 Å². The van der Waals surface area contributed by atoms with Crippen LogP contribution in [-0.4, -0.2) is 24.8 Å². The Morgan fingerprint density at radius 3 is 2.58 bits per heavy atom. The molecule has 0 aliphatic carbocycles. The number of esters is 1. The number of hydrogen-bond acceptors (Lipinski definition) is 6. The molecule has 5 nitrogen and oxygen atoms in total. The minimum absolute atomic E-state index is 0.148. The Morgan fingerprint density at radius 2 is 2.05 bits per heavy atom. The molecule has 0 radical (unpaired) electrons. The normalized spacial score (nSPS) is 9.58. The predicted octanol–water partition coefficient (Wildman–Crippen LogP) is 2.91. The van der Waals surface area contributed by atoms with Gasteiger partial charge in [0.25, 0.3) is 0 Å². The van der Waals surface area contributed by atoms with Crippen LogP contribution in [-0.2, 0) is 4.74 Å². The number of carbonyl (C=O) groups is 1. The molecule has 0 saturated heterocycles. The molecule has 1 aromatic rings. The zero-order chi connectivity index (χ0) is 14.3. The third kappa shape index (κ3) is 4.71. The highest BCUT2D eigenvalue weighted by Gasteiger charge is 2.16. The van der Waals surface area contributed by atoms with Gasteiger partial charge in [0.1, 0.15) is 0 Å². The number of hydrogen-bond donors (Lipinski definition) is 2. The maximum absolute atomic E-state index is 11.4. The van der Waals surface area contributed by atoms with Gasteiger partial charge in [-0.25, -0.2) is 4.79 Å². The highest BCUT2D eigenvalue weighted by molar-refractivity contribution is 7.99. The molecule has 0 aromatic heterocycles. The third-order valence-corrected chi connectivity index (χ3v) is 3.36. The van der Waals surface area contributed by atoms with Crippen LogP contribution in [0.25, 0.3) is 0 Å². The fourth-order valence-corrected chi connectivity index (χ4v) is 2.42. The van der Waals surface area contributed by atoms with Crippen LogP contribution in [0.15, 0.2) is 12.1 Å². The van der Waals surface area contributed by atoms with E-state index in [0.717, 1.165) is 0 Å². The Morgan fingerprint density at radius 1 is 1.42 bits per heavy atom. The number of rotatable bonds is 6. The fraction of sp³-hybridized carbons (Fsp3) is 0.273. The summed E-state index contributed by atoms with van der Waals surface area (Å²) in [5, 5.41) is 14.3. The van der Waals surface area contributed by atoms with Gasteiger partial charge in [0, 0.05) is 5.69 Å². The summed E-state index contributed by atoms with van der Waals surface area (Å²) in [6, 6.07) is 3.19. The molecule has 8 heteroatoms. The summed E-state index contributed by atoms with van der Waals surface area (Å²) < 4.78 is 4.59. The zero-order valence-corrected chi connectivity index (χ0v) is 12.3. The monoisotopic (exact) mass is 319 g/mol. The number of benzene rings is 1. The fourth-order valence-electron chi connectivity index (χ4n) is 1.24. The van der Waals surface area contributed by atoms with E-state index >= 15 is 0 Å². The largest absolute Gasteiger partial charge is 0.465 e. The Labute approximate surface area is 125 Å². The van der Waals surface area contributed by atoms with Gasteiger partial charge in [-0.15, -0.1) is 11.8 Å². The summed E-state index contributed by atoms with van der Waals surface area (Å²) in [5.74, 6) is 0.499. The molecule has 19 heavy (non-hydrogen) atoms. The lowest BCUT2D eigenvalue weighted by Crippen LogP contribution is -2.08. The lowest BCUT2D eigenvalue weighted by atomic mass is 10.2. The zero-order valence-electron chi connectivity index (χ0n) is 10.00. The molecule has 0 atom stereocenters. The molecule has 0 saturated carbocycles. The first kappa shape index (κ1) is 15.8. The van der Waals surface area contributed by atoms with E-state index in [0.29, 0.717) is 17.4 Å². The lowest BCUT2D eigenvalue weighted by molar-refractivity contribution is 0.0601.